The van der Waals surface area contributed by atoms with Crippen LogP contribution in [0.5, 0.6) is 0 Å². The summed E-state index contributed by atoms with van der Waals surface area (Å²) in [4.78, 5) is 34.8. The molecule has 0 amide bonds. The Balaban J connectivity index is 2.08. The van der Waals surface area contributed by atoms with Crippen LogP contribution in [0.15, 0.2) is 29.3 Å². The highest BCUT2D eigenvalue weighted by Crippen LogP contribution is 2.26. The Morgan fingerprint density at radius 1 is 1.32 bits per heavy atom. The number of aromatic nitrogens is 3. The lowest BCUT2D eigenvalue weighted by molar-refractivity contribution is 0.0701. The van der Waals surface area contributed by atoms with E-state index >= 15 is 0 Å². The van der Waals surface area contributed by atoms with Gasteiger partial charge in [0.15, 0.2) is 0 Å². The first-order valence-electron chi connectivity index (χ1n) is 6.41. The summed E-state index contributed by atoms with van der Waals surface area (Å²) in [6.07, 6.45) is 6.80. The van der Waals surface area contributed by atoms with Crippen LogP contribution in [0.4, 0.5) is 0 Å². The second kappa shape index (κ2) is 5.53. The first-order valence-corrected chi connectivity index (χ1v) is 7.22. The maximum atomic E-state index is 12.1. The van der Waals surface area contributed by atoms with Gasteiger partial charge < -0.3 is 10.1 Å². The van der Waals surface area contributed by atoms with Crippen molar-refractivity contribution in [3.8, 4) is 0 Å². The number of hydrogen-bond donors (Lipinski definition) is 2. The van der Waals surface area contributed by atoms with Crippen molar-refractivity contribution >= 4 is 39.7 Å². The maximum Gasteiger partial charge on any atom is 0.346 e. The zero-order chi connectivity index (χ0) is 15.7. The summed E-state index contributed by atoms with van der Waals surface area (Å²) >= 11 is 1.01. The lowest BCUT2D eigenvalue weighted by atomic mass is 10.2. The van der Waals surface area contributed by atoms with Crippen LogP contribution in [0.1, 0.15) is 26.6 Å². The molecule has 0 fully saturated rings. The van der Waals surface area contributed by atoms with E-state index in [1.54, 1.807) is 31.5 Å². The summed E-state index contributed by atoms with van der Waals surface area (Å²) < 4.78 is 0. The highest BCUT2D eigenvalue weighted by Gasteiger charge is 2.18. The number of H-pyrrole nitrogens is 1. The smallest absolute Gasteiger partial charge is 0.346 e. The van der Waals surface area contributed by atoms with Crippen LogP contribution in [0.25, 0.3) is 22.4 Å². The molecule has 6 nitrogen and oxygen atoms in total. The molecule has 0 saturated heterocycles. The Morgan fingerprint density at radius 3 is 2.73 bits per heavy atom. The average molecular weight is 313 g/mol. The van der Waals surface area contributed by atoms with Gasteiger partial charge in [-0.3, -0.25) is 9.78 Å². The van der Waals surface area contributed by atoms with E-state index in [-0.39, 0.29) is 10.4 Å². The van der Waals surface area contributed by atoms with Gasteiger partial charge in [-0.2, -0.15) is 0 Å². The third-order valence-electron chi connectivity index (χ3n) is 3.15. The molecular formula is C15H11N3O3S. The van der Waals surface area contributed by atoms with Crippen molar-refractivity contribution in [3.63, 3.8) is 0 Å². The molecule has 0 saturated carbocycles. The number of carboxylic acids is 1. The molecule has 0 bridgehead atoms. The van der Waals surface area contributed by atoms with Crippen molar-refractivity contribution in [2.24, 2.45) is 0 Å². The largest absolute Gasteiger partial charge is 0.477 e. The van der Waals surface area contributed by atoms with E-state index in [2.05, 4.69) is 15.0 Å². The van der Waals surface area contributed by atoms with Crippen molar-refractivity contribution in [2.45, 2.75) is 6.92 Å². The molecular weight excluding hydrogens is 302 g/mol. The molecule has 0 spiro atoms. The third-order valence-corrected chi connectivity index (χ3v) is 4.33. The van der Waals surface area contributed by atoms with Gasteiger partial charge in [-0.05, 0) is 36.3 Å². The normalized spacial score (nSPS) is 11.3. The fourth-order valence-corrected chi connectivity index (χ4v) is 3.12. The minimum atomic E-state index is -1.05. The number of fused-ring (bicyclic) bond motifs is 1. The van der Waals surface area contributed by atoms with Gasteiger partial charge in [0.05, 0.1) is 5.39 Å². The Labute approximate surface area is 128 Å². The Kier molecular flexibility index (Phi) is 3.56. The van der Waals surface area contributed by atoms with Gasteiger partial charge in [0.1, 0.15) is 15.5 Å². The summed E-state index contributed by atoms with van der Waals surface area (Å²) in [7, 11) is 0. The van der Waals surface area contributed by atoms with Gasteiger partial charge >= 0.3 is 5.97 Å². The second-order valence-corrected chi connectivity index (χ2v) is 5.61. The van der Waals surface area contributed by atoms with Crippen LogP contribution in [0, 0.1) is 6.92 Å². The molecule has 110 valence electrons. The molecule has 3 aromatic rings. The zero-order valence-electron chi connectivity index (χ0n) is 11.5. The molecule has 0 unspecified atom stereocenters. The SMILES string of the molecule is Cc1c(C(=O)O)sc2nc(/C=C/c3ccncc3)[nH]c(=O)c12. The third kappa shape index (κ3) is 2.53. The van der Waals surface area contributed by atoms with Crippen LogP contribution >= 0.6 is 11.3 Å². The monoisotopic (exact) mass is 313 g/mol. The Morgan fingerprint density at radius 2 is 2.05 bits per heavy atom. The number of aryl methyl sites for hydroxylation is 1. The number of hydrogen-bond acceptors (Lipinski definition) is 5. The number of pyridine rings is 1. The zero-order valence-corrected chi connectivity index (χ0v) is 12.3. The van der Waals surface area contributed by atoms with E-state index in [9.17, 15) is 9.59 Å². The first-order chi connectivity index (χ1) is 10.6. The number of nitrogens with one attached hydrogen (secondary N) is 1. The van der Waals surface area contributed by atoms with Crippen molar-refractivity contribution in [1.82, 2.24) is 15.0 Å². The summed E-state index contributed by atoms with van der Waals surface area (Å²) in [5, 5.41) is 9.47. The van der Waals surface area contributed by atoms with Crippen molar-refractivity contribution in [2.75, 3.05) is 0 Å². The highest BCUT2D eigenvalue weighted by atomic mass is 32.1. The molecule has 0 aliphatic carbocycles. The van der Waals surface area contributed by atoms with Crippen molar-refractivity contribution < 1.29 is 9.90 Å². The van der Waals surface area contributed by atoms with Crippen LogP contribution in [0.3, 0.4) is 0 Å². The lowest BCUT2D eigenvalue weighted by Gasteiger charge is -1.95. The molecule has 0 radical (unpaired) electrons. The molecule has 3 rings (SSSR count). The standard InChI is InChI=1S/C15H11N3O3S/c1-8-11-13(19)17-10(3-2-9-4-6-16-7-5-9)18-14(11)22-12(8)15(20)21/h2-7H,1H3,(H,20,21)(H,17,18,19)/b3-2+. The number of aromatic carboxylic acids is 1. The predicted molar refractivity (Wildman–Crippen MR) is 85.1 cm³/mol. The van der Waals surface area contributed by atoms with Gasteiger partial charge in [0, 0.05) is 12.4 Å². The van der Waals surface area contributed by atoms with Crippen LogP contribution in [0.2, 0.25) is 0 Å². The number of carboxylic acid groups (broad SMARTS) is 1. The van der Waals surface area contributed by atoms with Crippen molar-refractivity contribution in [1.29, 1.82) is 0 Å². The fourth-order valence-electron chi connectivity index (χ4n) is 2.09. The molecule has 3 aromatic heterocycles. The van der Waals surface area contributed by atoms with Crippen LogP contribution in [-0.2, 0) is 0 Å². The molecule has 22 heavy (non-hydrogen) atoms. The summed E-state index contributed by atoms with van der Waals surface area (Å²) in [5.74, 6) is -0.665. The van der Waals surface area contributed by atoms with Gasteiger partial charge in [0.2, 0.25) is 0 Å². The minimum absolute atomic E-state index is 0.142. The number of thiophene rings is 1. The van der Waals surface area contributed by atoms with E-state index in [0.29, 0.717) is 21.6 Å². The Hall–Kier alpha value is -2.80. The van der Waals surface area contributed by atoms with Crippen molar-refractivity contribution in [3.05, 3.63) is 56.7 Å². The fraction of sp³-hybridized carbons (Fsp3) is 0.0667. The van der Waals surface area contributed by atoms with Gasteiger partial charge in [-0.15, -0.1) is 11.3 Å². The molecule has 0 aliphatic rings. The number of aromatic amines is 1. The molecule has 0 atom stereocenters. The van der Waals surface area contributed by atoms with E-state index in [1.807, 2.05) is 12.1 Å². The average Bonchev–Trinajstić information content (AvgIpc) is 2.84. The quantitative estimate of drug-likeness (QED) is 0.774. The molecule has 0 aliphatic heterocycles. The lowest BCUT2D eigenvalue weighted by Crippen LogP contribution is -2.09. The minimum Gasteiger partial charge on any atom is -0.477 e. The van der Waals surface area contributed by atoms with Gasteiger partial charge in [-0.25, -0.2) is 9.78 Å². The number of rotatable bonds is 3. The summed E-state index contributed by atoms with van der Waals surface area (Å²) in [5.41, 5.74) is 1.04. The van der Waals surface area contributed by atoms with Crippen LogP contribution in [-0.4, -0.2) is 26.0 Å². The van der Waals surface area contributed by atoms with Crippen LogP contribution < -0.4 is 5.56 Å². The second-order valence-electron chi connectivity index (χ2n) is 4.61. The highest BCUT2D eigenvalue weighted by molar-refractivity contribution is 7.20. The van der Waals surface area contributed by atoms with E-state index < -0.39 is 5.97 Å². The number of nitrogens with zero attached hydrogens (tertiary/aromatic N) is 2. The van der Waals surface area contributed by atoms with E-state index in [1.165, 1.54) is 0 Å². The predicted octanol–water partition coefficient (Wildman–Crippen LogP) is 2.56. The van der Waals surface area contributed by atoms with Gasteiger partial charge in [0.25, 0.3) is 5.56 Å². The molecule has 2 N–H and O–H groups in total. The van der Waals surface area contributed by atoms with E-state index in [4.69, 9.17) is 5.11 Å². The first kappa shape index (κ1) is 14.2. The topological polar surface area (TPSA) is 95.9 Å². The number of carbonyl (C=O) groups is 1. The molecule has 7 heteroatoms. The summed E-state index contributed by atoms with van der Waals surface area (Å²) in [6.45, 7) is 1.62. The van der Waals surface area contributed by atoms with E-state index in [0.717, 1.165) is 16.9 Å². The molecule has 0 aromatic carbocycles. The molecule has 3 heterocycles. The summed E-state index contributed by atoms with van der Waals surface area (Å²) in [6, 6.07) is 3.65. The Bertz CT molecular complexity index is 942. The maximum absolute atomic E-state index is 12.1. The van der Waals surface area contributed by atoms with Gasteiger partial charge in [-0.1, -0.05) is 6.08 Å².